The molecule has 0 fully saturated rings. The van der Waals surface area contributed by atoms with Gasteiger partial charge in [0.05, 0.1) is 22.5 Å². The van der Waals surface area contributed by atoms with Crippen LogP contribution >= 0.6 is 11.8 Å². The van der Waals surface area contributed by atoms with Crippen molar-refractivity contribution >= 4 is 29.2 Å². The van der Waals surface area contributed by atoms with E-state index in [1.807, 2.05) is 13.8 Å². The molecule has 2 aromatic carbocycles. The summed E-state index contributed by atoms with van der Waals surface area (Å²) in [4.78, 5) is 44.9. The second-order valence-electron chi connectivity index (χ2n) is 6.34. The Bertz CT molecular complexity index is 1140. The van der Waals surface area contributed by atoms with Crippen LogP contribution in [0.4, 0.5) is 5.69 Å². The van der Waals surface area contributed by atoms with E-state index in [1.54, 1.807) is 18.2 Å². The lowest BCUT2D eigenvalue weighted by atomic mass is 9.98. The zero-order valence-corrected chi connectivity index (χ0v) is 17.2. The molecule has 0 amide bonds. The molecule has 0 N–H and O–H groups in total. The molecule has 0 bridgehead atoms. The van der Waals surface area contributed by atoms with Gasteiger partial charge < -0.3 is 4.74 Å². The van der Waals surface area contributed by atoms with Crippen LogP contribution in [0.2, 0.25) is 0 Å². The smallest absolute Gasteiger partial charge is 0.338 e. The van der Waals surface area contributed by atoms with Crippen molar-refractivity contribution < 1.29 is 19.2 Å². The van der Waals surface area contributed by atoms with Crippen LogP contribution in [0, 0.1) is 24.0 Å². The second-order valence-corrected chi connectivity index (χ2v) is 7.35. The van der Waals surface area contributed by atoms with E-state index in [2.05, 4.69) is 9.97 Å². The summed E-state index contributed by atoms with van der Waals surface area (Å²) in [6, 6.07) is 12.1. The molecule has 0 atom stereocenters. The summed E-state index contributed by atoms with van der Waals surface area (Å²) in [5.41, 5.74) is 1.54. The molecule has 0 saturated carbocycles. The Morgan fingerprint density at radius 3 is 2.23 bits per heavy atom. The Balaban J connectivity index is 2.01. The molecular formula is C21H17N3O5S. The van der Waals surface area contributed by atoms with Gasteiger partial charge in [-0.25, -0.2) is 14.8 Å². The first-order chi connectivity index (χ1) is 14.3. The van der Waals surface area contributed by atoms with Gasteiger partial charge in [0.2, 0.25) is 0 Å². The SMILES string of the molecule is COC(=O)c1ccccc1C(=O)c1ccc(Sc2nc(C)cc(C)n2)c([N+](=O)[O-])c1. The molecule has 0 aliphatic carbocycles. The van der Waals surface area contributed by atoms with Crippen molar-refractivity contribution in [3.63, 3.8) is 0 Å². The first-order valence-corrected chi connectivity index (χ1v) is 9.62. The molecular weight excluding hydrogens is 406 g/mol. The lowest BCUT2D eigenvalue weighted by Gasteiger charge is -2.08. The molecule has 0 saturated heterocycles. The number of carbonyl (C=O) groups excluding carboxylic acids is 2. The van der Waals surface area contributed by atoms with E-state index >= 15 is 0 Å². The number of nitro groups is 1. The Kier molecular flexibility index (Phi) is 6.22. The number of methoxy groups -OCH3 is 1. The maximum atomic E-state index is 13.0. The number of hydrogen-bond acceptors (Lipinski definition) is 8. The number of benzene rings is 2. The van der Waals surface area contributed by atoms with Gasteiger partial charge in [-0.1, -0.05) is 18.2 Å². The zero-order chi connectivity index (χ0) is 21.8. The van der Waals surface area contributed by atoms with Gasteiger partial charge >= 0.3 is 5.97 Å². The van der Waals surface area contributed by atoms with Gasteiger partial charge in [-0.15, -0.1) is 0 Å². The van der Waals surface area contributed by atoms with E-state index in [-0.39, 0.29) is 22.4 Å². The third-order valence-corrected chi connectivity index (χ3v) is 5.09. The number of esters is 1. The molecule has 9 heteroatoms. The number of nitrogens with zero attached hydrogens (tertiary/aromatic N) is 3. The van der Waals surface area contributed by atoms with Crippen molar-refractivity contribution in [1.29, 1.82) is 0 Å². The highest BCUT2D eigenvalue weighted by atomic mass is 32.2. The normalized spacial score (nSPS) is 10.5. The molecule has 0 spiro atoms. The largest absolute Gasteiger partial charge is 0.465 e. The summed E-state index contributed by atoms with van der Waals surface area (Å²) < 4.78 is 4.71. The molecule has 0 aliphatic heterocycles. The number of rotatable bonds is 6. The van der Waals surface area contributed by atoms with Crippen molar-refractivity contribution in [3.8, 4) is 0 Å². The van der Waals surface area contributed by atoms with E-state index in [0.29, 0.717) is 10.1 Å². The molecule has 3 rings (SSSR count). The number of nitro benzene ring substituents is 1. The molecule has 0 radical (unpaired) electrons. The number of hydrogen-bond donors (Lipinski definition) is 0. The molecule has 152 valence electrons. The van der Waals surface area contributed by atoms with Crippen LogP contribution in [0.1, 0.15) is 37.7 Å². The fourth-order valence-corrected chi connectivity index (χ4v) is 3.80. The van der Waals surface area contributed by atoms with Crippen molar-refractivity contribution in [2.24, 2.45) is 0 Å². The summed E-state index contributed by atoms with van der Waals surface area (Å²) in [7, 11) is 1.22. The average Bonchev–Trinajstić information content (AvgIpc) is 2.72. The van der Waals surface area contributed by atoms with Gasteiger partial charge in [0.15, 0.2) is 10.9 Å². The number of aromatic nitrogens is 2. The minimum Gasteiger partial charge on any atom is -0.465 e. The number of ketones is 1. The van der Waals surface area contributed by atoms with E-state index in [1.165, 1.54) is 37.4 Å². The quantitative estimate of drug-likeness (QED) is 0.191. The van der Waals surface area contributed by atoms with Crippen LogP contribution in [0.5, 0.6) is 0 Å². The Morgan fingerprint density at radius 2 is 1.63 bits per heavy atom. The molecule has 1 heterocycles. The van der Waals surface area contributed by atoms with Crippen LogP contribution in [0.15, 0.2) is 58.6 Å². The maximum Gasteiger partial charge on any atom is 0.338 e. The maximum absolute atomic E-state index is 13.0. The lowest BCUT2D eigenvalue weighted by molar-refractivity contribution is -0.387. The highest BCUT2D eigenvalue weighted by Gasteiger charge is 2.23. The summed E-state index contributed by atoms with van der Waals surface area (Å²) >= 11 is 1.05. The predicted octanol–water partition coefficient (Wildman–Crippen LogP) is 4.17. The van der Waals surface area contributed by atoms with Gasteiger partial charge in [0, 0.05) is 28.6 Å². The van der Waals surface area contributed by atoms with Crippen molar-refractivity contribution in [2.45, 2.75) is 23.9 Å². The average molecular weight is 423 g/mol. The first kappa shape index (κ1) is 21.1. The molecule has 1 aromatic heterocycles. The van der Waals surface area contributed by atoms with Crippen LogP contribution < -0.4 is 0 Å². The lowest BCUT2D eigenvalue weighted by Crippen LogP contribution is -2.11. The van der Waals surface area contributed by atoms with Crippen LogP contribution in [0.3, 0.4) is 0 Å². The molecule has 8 nitrogen and oxygen atoms in total. The highest BCUT2D eigenvalue weighted by Crippen LogP contribution is 2.34. The minimum atomic E-state index is -0.660. The summed E-state index contributed by atoms with van der Waals surface area (Å²) in [6.07, 6.45) is 0. The van der Waals surface area contributed by atoms with Crippen molar-refractivity contribution in [2.75, 3.05) is 7.11 Å². The van der Waals surface area contributed by atoms with Crippen molar-refractivity contribution in [1.82, 2.24) is 9.97 Å². The molecule has 30 heavy (non-hydrogen) atoms. The van der Waals surface area contributed by atoms with Gasteiger partial charge in [-0.3, -0.25) is 14.9 Å². The van der Waals surface area contributed by atoms with E-state index in [9.17, 15) is 19.7 Å². The Hall–Kier alpha value is -3.59. The predicted molar refractivity (Wildman–Crippen MR) is 110 cm³/mol. The minimum absolute atomic E-state index is 0.0868. The number of ether oxygens (including phenoxy) is 1. The van der Waals surface area contributed by atoms with Gasteiger partial charge in [-0.05, 0) is 49.9 Å². The summed E-state index contributed by atoms with van der Waals surface area (Å²) in [5, 5.41) is 12.0. The van der Waals surface area contributed by atoms with Crippen LogP contribution in [-0.4, -0.2) is 33.8 Å². The fourth-order valence-electron chi connectivity index (χ4n) is 2.85. The van der Waals surface area contributed by atoms with Gasteiger partial charge in [0.25, 0.3) is 5.69 Å². The van der Waals surface area contributed by atoms with E-state index in [0.717, 1.165) is 23.1 Å². The highest BCUT2D eigenvalue weighted by molar-refractivity contribution is 7.99. The van der Waals surface area contributed by atoms with E-state index in [4.69, 9.17) is 4.74 Å². The summed E-state index contributed by atoms with van der Waals surface area (Å²) in [6.45, 7) is 3.63. The zero-order valence-electron chi connectivity index (χ0n) is 16.4. The number of carbonyl (C=O) groups is 2. The second kappa shape index (κ2) is 8.83. The Morgan fingerprint density at radius 1 is 1.00 bits per heavy atom. The summed E-state index contributed by atoms with van der Waals surface area (Å²) in [5.74, 6) is -1.18. The van der Waals surface area contributed by atoms with Crippen LogP contribution in [-0.2, 0) is 4.74 Å². The number of aryl methyl sites for hydroxylation is 2. The topological polar surface area (TPSA) is 112 Å². The van der Waals surface area contributed by atoms with E-state index < -0.39 is 16.7 Å². The molecule has 3 aromatic rings. The Labute approximate surface area is 176 Å². The monoisotopic (exact) mass is 423 g/mol. The van der Waals surface area contributed by atoms with Gasteiger partial charge in [0.1, 0.15) is 0 Å². The third-order valence-electron chi connectivity index (χ3n) is 4.16. The van der Waals surface area contributed by atoms with Crippen molar-refractivity contribution in [3.05, 3.63) is 86.7 Å². The van der Waals surface area contributed by atoms with Crippen LogP contribution in [0.25, 0.3) is 0 Å². The molecule has 0 unspecified atom stereocenters. The fraction of sp³-hybridized carbons (Fsp3) is 0.143. The third kappa shape index (κ3) is 4.52. The first-order valence-electron chi connectivity index (χ1n) is 8.80. The standard InChI is InChI=1S/C21H17N3O5S/c1-12-10-13(2)23-21(22-12)30-18-9-8-14(11-17(18)24(27)28)19(25)15-6-4-5-7-16(15)20(26)29-3/h4-11H,1-3H3. The molecule has 0 aliphatic rings. The van der Waals surface area contributed by atoms with Gasteiger partial charge in [-0.2, -0.15) is 0 Å².